The van der Waals surface area contributed by atoms with E-state index in [9.17, 15) is 10.1 Å². The van der Waals surface area contributed by atoms with E-state index in [0.717, 1.165) is 5.56 Å². The van der Waals surface area contributed by atoms with Gasteiger partial charge in [-0.1, -0.05) is 12.1 Å². The van der Waals surface area contributed by atoms with Crippen molar-refractivity contribution in [3.05, 3.63) is 51.7 Å². The van der Waals surface area contributed by atoms with Crippen molar-refractivity contribution in [2.24, 2.45) is 0 Å². The molecule has 100 valence electrons. The van der Waals surface area contributed by atoms with Crippen LogP contribution in [0.3, 0.4) is 0 Å². The molecule has 0 aliphatic rings. The molecule has 0 aliphatic carbocycles. The molecule has 0 spiro atoms. The van der Waals surface area contributed by atoms with Gasteiger partial charge in [-0.3, -0.25) is 10.1 Å². The number of hydrogen-bond acceptors (Lipinski definition) is 5. The van der Waals surface area contributed by atoms with Crippen LogP contribution in [0.15, 0.2) is 28.8 Å². The van der Waals surface area contributed by atoms with Crippen molar-refractivity contribution in [3.8, 4) is 0 Å². The first-order chi connectivity index (χ1) is 8.99. The van der Waals surface area contributed by atoms with Gasteiger partial charge in [-0.05, 0) is 26.3 Å². The van der Waals surface area contributed by atoms with E-state index in [2.05, 4.69) is 10.3 Å². The molecule has 1 N–H and O–H groups in total. The fraction of sp³-hybridized carbons (Fsp3) is 0.308. The summed E-state index contributed by atoms with van der Waals surface area (Å²) in [6.45, 7) is 5.48. The van der Waals surface area contributed by atoms with Gasteiger partial charge < -0.3 is 9.73 Å². The number of aryl methyl sites for hydroxylation is 2. The smallest absolute Gasteiger partial charge is 0.292 e. The lowest BCUT2D eigenvalue weighted by Gasteiger charge is -2.14. The summed E-state index contributed by atoms with van der Waals surface area (Å²) in [6, 6.07) is 4.72. The first-order valence-corrected chi connectivity index (χ1v) is 5.92. The molecule has 1 aromatic carbocycles. The van der Waals surface area contributed by atoms with Crippen LogP contribution in [0.5, 0.6) is 0 Å². The quantitative estimate of drug-likeness (QED) is 0.674. The van der Waals surface area contributed by atoms with Gasteiger partial charge in [0.1, 0.15) is 17.5 Å². The van der Waals surface area contributed by atoms with Gasteiger partial charge in [-0.15, -0.1) is 0 Å². The minimum atomic E-state index is -0.400. The highest BCUT2D eigenvalue weighted by molar-refractivity contribution is 5.66. The predicted octanol–water partition coefficient (Wildman–Crippen LogP) is 3.37. The number of oxazole rings is 1. The SMILES string of the molecule is Cc1cnc(C(C)Nc2c(C)cccc2[N+](=O)[O-])o1. The number of rotatable bonds is 4. The Hall–Kier alpha value is -2.37. The second kappa shape index (κ2) is 5.09. The number of anilines is 1. The number of para-hydroxylation sites is 1. The van der Waals surface area contributed by atoms with Crippen molar-refractivity contribution in [3.63, 3.8) is 0 Å². The first kappa shape index (κ1) is 13.1. The topological polar surface area (TPSA) is 81.2 Å². The molecule has 0 radical (unpaired) electrons. The van der Waals surface area contributed by atoms with Crippen LogP contribution in [0, 0.1) is 24.0 Å². The van der Waals surface area contributed by atoms with E-state index < -0.39 is 4.92 Å². The molecule has 1 aromatic heterocycles. The fourth-order valence-corrected chi connectivity index (χ4v) is 1.84. The monoisotopic (exact) mass is 261 g/mol. The molecule has 2 aromatic rings. The minimum absolute atomic E-state index is 0.0510. The number of nitro benzene ring substituents is 1. The number of aromatic nitrogens is 1. The Labute approximate surface area is 110 Å². The van der Waals surface area contributed by atoms with E-state index in [1.807, 2.05) is 19.9 Å². The Morgan fingerprint density at radius 3 is 2.74 bits per heavy atom. The Kier molecular flexibility index (Phi) is 3.50. The number of hydrogen-bond donors (Lipinski definition) is 1. The summed E-state index contributed by atoms with van der Waals surface area (Å²) in [5.74, 6) is 1.22. The average Bonchev–Trinajstić information content (AvgIpc) is 2.78. The van der Waals surface area contributed by atoms with Crippen molar-refractivity contribution >= 4 is 11.4 Å². The summed E-state index contributed by atoms with van der Waals surface area (Å²) in [6.07, 6.45) is 1.62. The van der Waals surface area contributed by atoms with Crippen LogP contribution in [-0.2, 0) is 0 Å². The molecule has 1 unspecified atom stereocenters. The lowest BCUT2D eigenvalue weighted by molar-refractivity contribution is -0.384. The van der Waals surface area contributed by atoms with Gasteiger partial charge in [0.2, 0.25) is 5.89 Å². The number of nitro groups is 1. The number of nitrogens with one attached hydrogen (secondary N) is 1. The standard InChI is InChI=1S/C13H15N3O3/c1-8-5-4-6-11(16(17)18)12(8)15-10(3)13-14-7-9(2)19-13/h4-7,10,15H,1-3H3. The van der Waals surface area contributed by atoms with Crippen LogP contribution in [-0.4, -0.2) is 9.91 Å². The van der Waals surface area contributed by atoms with Gasteiger partial charge in [0.15, 0.2) is 0 Å². The second-order valence-corrected chi connectivity index (χ2v) is 4.40. The van der Waals surface area contributed by atoms with Crippen molar-refractivity contribution in [1.29, 1.82) is 0 Å². The van der Waals surface area contributed by atoms with Gasteiger partial charge in [-0.2, -0.15) is 0 Å². The van der Waals surface area contributed by atoms with Crippen molar-refractivity contribution < 1.29 is 9.34 Å². The van der Waals surface area contributed by atoms with Crippen LogP contribution in [0.2, 0.25) is 0 Å². The first-order valence-electron chi connectivity index (χ1n) is 5.92. The third kappa shape index (κ3) is 2.73. The normalized spacial score (nSPS) is 12.2. The van der Waals surface area contributed by atoms with Crippen LogP contribution in [0.4, 0.5) is 11.4 Å². The lowest BCUT2D eigenvalue weighted by atomic mass is 10.1. The third-order valence-corrected chi connectivity index (χ3v) is 2.82. The lowest BCUT2D eigenvalue weighted by Crippen LogP contribution is -2.09. The second-order valence-electron chi connectivity index (χ2n) is 4.40. The molecule has 1 heterocycles. The maximum atomic E-state index is 11.0. The molecule has 6 heteroatoms. The summed E-state index contributed by atoms with van der Waals surface area (Å²) in [5, 5.41) is 14.1. The predicted molar refractivity (Wildman–Crippen MR) is 71.1 cm³/mol. The van der Waals surface area contributed by atoms with Crippen LogP contribution >= 0.6 is 0 Å². The van der Waals surface area contributed by atoms with Crippen LogP contribution < -0.4 is 5.32 Å². The largest absolute Gasteiger partial charge is 0.444 e. The van der Waals surface area contributed by atoms with E-state index in [0.29, 0.717) is 17.3 Å². The molecule has 0 saturated carbocycles. The molecule has 0 saturated heterocycles. The molecule has 0 amide bonds. The summed E-state index contributed by atoms with van der Waals surface area (Å²) in [4.78, 5) is 14.7. The minimum Gasteiger partial charge on any atom is -0.444 e. The molecule has 0 bridgehead atoms. The average molecular weight is 261 g/mol. The number of benzene rings is 1. The Balaban J connectivity index is 2.30. The summed E-state index contributed by atoms with van der Waals surface area (Å²) in [7, 11) is 0. The molecule has 2 rings (SSSR count). The zero-order chi connectivity index (χ0) is 14.0. The number of nitrogens with zero attached hydrogens (tertiary/aromatic N) is 2. The maximum Gasteiger partial charge on any atom is 0.292 e. The van der Waals surface area contributed by atoms with E-state index in [-0.39, 0.29) is 11.7 Å². The van der Waals surface area contributed by atoms with E-state index in [1.165, 1.54) is 6.07 Å². The molecule has 1 atom stereocenters. The van der Waals surface area contributed by atoms with E-state index in [4.69, 9.17) is 4.42 Å². The highest BCUT2D eigenvalue weighted by Crippen LogP contribution is 2.30. The molecule has 0 fully saturated rings. The molecule has 0 aliphatic heterocycles. The Bertz CT molecular complexity index is 607. The van der Waals surface area contributed by atoms with Crippen molar-refractivity contribution in [2.45, 2.75) is 26.8 Å². The molecule has 19 heavy (non-hydrogen) atoms. The third-order valence-electron chi connectivity index (χ3n) is 2.82. The van der Waals surface area contributed by atoms with Crippen LogP contribution in [0.1, 0.15) is 30.2 Å². The Morgan fingerprint density at radius 1 is 1.42 bits per heavy atom. The van der Waals surface area contributed by atoms with Gasteiger partial charge in [0.05, 0.1) is 11.1 Å². The Morgan fingerprint density at radius 2 is 2.16 bits per heavy atom. The zero-order valence-corrected chi connectivity index (χ0v) is 11.0. The van der Waals surface area contributed by atoms with Gasteiger partial charge in [0, 0.05) is 6.07 Å². The van der Waals surface area contributed by atoms with Crippen LogP contribution in [0.25, 0.3) is 0 Å². The molecule has 6 nitrogen and oxygen atoms in total. The highest BCUT2D eigenvalue weighted by Gasteiger charge is 2.19. The van der Waals surface area contributed by atoms with Crippen molar-refractivity contribution in [2.75, 3.05) is 5.32 Å². The van der Waals surface area contributed by atoms with Gasteiger partial charge in [0.25, 0.3) is 5.69 Å². The highest BCUT2D eigenvalue weighted by atomic mass is 16.6. The van der Waals surface area contributed by atoms with Gasteiger partial charge in [-0.25, -0.2) is 4.98 Å². The summed E-state index contributed by atoms with van der Waals surface area (Å²) >= 11 is 0. The fourth-order valence-electron chi connectivity index (χ4n) is 1.84. The van der Waals surface area contributed by atoms with Crippen molar-refractivity contribution in [1.82, 2.24) is 4.98 Å². The molecular formula is C13H15N3O3. The van der Waals surface area contributed by atoms with E-state index in [1.54, 1.807) is 19.2 Å². The summed E-state index contributed by atoms with van der Waals surface area (Å²) < 4.78 is 5.41. The molecular weight excluding hydrogens is 246 g/mol. The summed E-state index contributed by atoms with van der Waals surface area (Å²) in [5.41, 5.74) is 1.36. The van der Waals surface area contributed by atoms with Gasteiger partial charge >= 0.3 is 0 Å². The maximum absolute atomic E-state index is 11.0. The van der Waals surface area contributed by atoms with E-state index >= 15 is 0 Å². The zero-order valence-electron chi connectivity index (χ0n) is 11.0.